The topological polar surface area (TPSA) is 103 Å². The summed E-state index contributed by atoms with van der Waals surface area (Å²) in [5, 5.41) is 9.85. The van der Waals surface area contributed by atoms with E-state index in [1.807, 2.05) is 31.7 Å². The van der Waals surface area contributed by atoms with Crippen molar-refractivity contribution in [1.82, 2.24) is 9.80 Å². The van der Waals surface area contributed by atoms with Gasteiger partial charge >= 0.3 is 12.2 Å². The Kier molecular flexibility index (Phi) is 8.86. The fraction of sp³-hybridized carbons (Fsp3) is 0.677. The van der Waals surface area contributed by atoms with Crippen LogP contribution >= 0.6 is 0 Å². The summed E-state index contributed by atoms with van der Waals surface area (Å²) in [5.41, 5.74) is -0.156. The van der Waals surface area contributed by atoms with E-state index in [4.69, 9.17) is 9.47 Å². The first-order valence-corrected chi connectivity index (χ1v) is 14.6. The van der Waals surface area contributed by atoms with Gasteiger partial charge in [-0.3, -0.25) is 9.69 Å². The summed E-state index contributed by atoms with van der Waals surface area (Å²) in [7, 11) is 0. The number of likely N-dealkylation sites (tertiary alicyclic amines) is 1. The molecule has 1 saturated carbocycles. The van der Waals surface area contributed by atoms with Crippen molar-refractivity contribution < 1.29 is 28.2 Å². The van der Waals surface area contributed by atoms with E-state index >= 15 is 4.39 Å². The number of piperazine rings is 1. The van der Waals surface area contributed by atoms with E-state index < -0.39 is 35.1 Å². The molecule has 1 aromatic carbocycles. The number of ether oxygens (including phenoxy) is 2. The van der Waals surface area contributed by atoms with Crippen LogP contribution in [0.15, 0.2) is 18.2 Å². The van der Waals surface area contributed by atoms with Gasteiger partial charge in [0.25, 0.3) is 0 Å². The SMILES string of the molecule is CC(C)(C)OC(=O)N1CCN(c2ccc(C[C@@H](C#N)CC(=O)[C@@H]3[C@H]4CC[C@H](C4)N3C(=O)OC(C)(C)C)c(F)c2)CC1. The molecule has 0 N–H and O–H groups in total. The largest absolute Gasteiger partial charge is 0.444 e. The average molecular weight is 571 g/mol. The molecule has 2 amide bonds. The van der Waals surface area contributed by atoms with Gasteiger partial charge in [0.1, 0.15) is 17.0 Å². The van der Waals surface area contributed by atoms with E-state index in [9.17, 15) is 19.6 Å². The number of amides is 2. The number of hydrogen-bond acceptors (Lipinski definition) is 7. The molecule has 1 aromatic rings. The zero-order valence-corrected chi connectivity index (χ0v) is 25.1. The van der Waals surface area contributed by atoms with Gasteiger partial charge in [0.05, 0.1) is 18.0 Å². The highest BCUT2D eigenvalue weighted by Crippen LogP contribution is 2.44. The van der Waals surface area contributed by atoms with Gasteiger partial charge in [0, 0.05) is 44.3 Å². The number of nitriles is 1. The van der Waals surface area contributed by atoms with Crippen molar-refractivity contribution in [2.75, 3.05) is 31.1 Å². The molecule has 0 spiro atoms. The van der Waals surface area contributed by atoms with Crippen molar-refractivity contribution in [2.45, 2.75) is 96.9 Å². The summed E-state index contributed by atoms with van der Waals surface area (Å²) in [4.78, 5) is 44.0. The van der Waals surface area contributed by atoms with Crippen LogP contribution in [0.1, 0.15) is 72.8 Å². The van der Waals surface area contributed by atoms with Crippen molar-refractivity contribution in [2.24, 2.45) is 11.8 Å². The van der Waals surface area contributed by atoms with E-state index in [0.717, 1.165) is 19.3 Å². The number of carbonyl (C=O) groups is 3. The highest BCUT2D eigenvalue weighted by Gasteiger charge is 2.52. The Morgan fingerprint density at radius 1 is 1.00 bits per heavy atom. The molecule has 2 heterocycles. The number of fused-ring (bicyclic) bond motifs is 2. The highest BCUT2D eigenvalue weighted by molar-refractivity contribution is 5.89. The van der Waals surface area contributed by atoms with Crippen LogP contribution in [0.4, 0.5) is 19.7 Å². The van der Waals surface area contributed by atoms with Gasteiger partial charge in [-0.15, -0.1) is 0 Å². The van der Waals surface area contributed by atoms with Crippen LogP contribution in [-0.4, -0.2) is 77.2 Å². The summed E-state index contributed by atoms with van der Waals surface area (Å²) < 4.78 is 26.2. The van der Waals surface area contributed by atoms with Crippen molar-refractivity contribution in [3.63, 3.8) is 0 Å². The lowest BCUT2D eigenvalue weighted by molar-refractivity contribution is -0.126. The third-order valence-corrected chi connectivity index (χ3v) is 7.95. The number of piperidine rings is 1. The van der Waals surface area contributed by atoms with Gasteiger partial charge < -0.3 is 19.3 Å². The second kappa shape index (κ2) is 11.9. The fourth-order valence-electron chi connectivity index (χ4n) is 6.15. The van der Waals surface area contributed by atoms with Gasteiger partial charge in [0.15, 0.2) is 5.78 Å². The van der Waals surface area contributed by atoms with E-state index in [0.29, 0.717) is 37.4 Å². The molecule has 3 fully saturated rings. The van der Waals surface area contributed by atoms with E-state index in [-0.39, 0.29) is 36.7 Å². The maximum Gasteiger partial charge on any atom is 0.411 e. The zero-order valence-electron chi connectivity index (χ0n) is 25.1. The Bertz CT molecular complexity index is 1190. The Balaban J connectivity index is 1.35. The molecular weight excluding hydrogens is 527 g/mol. The van der Waals surface area contributed by atoms with Crippen molar-refractivity contribution in [3.05, 3.63) is 29.6 Å². The molecule has 2 aliphatic heterocycles. The van der Waals surface area contributed by atoms with Crippen LogP contribution in [0, 0.1) is 29.0 Å². The van der Waals surface area contributed by atoms with Crippen molar-refractivity contribution >= 4 is 23.7 Å². The standard InChI is InChI=1S/C31H43FN4O5/c1-30(2,3)40-28(38)35-13-11-34(12-14-35)23-9-7-21(25(32)18-23)15-20(19-33)16-26(37)27-22-8-10-24(17-22)36(27)29(39)41-31(4,5)6/h7,9,18,20,22,24,27H,8,10-17H2,1-6H3/t20-,22+,24-,27+/m1/s1. The normalized spacial score (nSPS) is 23.3. The molecule has 3 aliphatic rings. The molecule has 4 atom stereocenters. The number of carbonyl (C=O) groups excluding carboxylic acids is 3. The van der Waals surface area contributed by atoms with Gasteiger partial charge in [-0.1, -0.05) is 6.07 Å². The number of halogens is 1. The Morgan fingerprint density at radius 2 is 1.63 bits per heavy atom. The van der Waals surface area contributed by atoms with E-state index in [1.165, 1.54) is 6.07 Å². The van der Waals surface area contributed by atoms with Gasteiger partial charge in [0.2, 0.25) is 0 Å². The molecule has 2 bridgehead atoms. The number of nitrogens with zero attached hydrogens (tertiary/aromatic N) is 4. The lowest BCUT2D eigenvalue weighted by Crippen LogP contribution is -2.51. The summed E-state index contributed by atoms with van der Waals surface area (Å²) >= 11 is 0. The molecular formula is C31H43FN4O5. The predicted octanol–water partition coefficient (Wildman–Crippen LogP) is 5.31. The summed E-state index contributed by atoms with van der Waals surface area (Å²) in [6.45, 7) is 12.9. The number of ketones is 1. The van der Waals surface area contributed by atoms with E-state index in [2.05, 4.69) is 6.07 Å². The molecule has 1 aliphatic carbocycles. The third kappa shape index (κ3) is 7.49. The number of rotatable bonds is 6. The quantitative estimate of drug-likeness (QED) is 0.457. The second-order valence-corrected chi connectivity index (χ2v) is 13.5. The van der Waals surface area contributed by atoms with E-state index in [1.54, 1.807) is 36.6 Å². The van der Waals surface area contributed by atoms with Crippen LogP contribution in [-0.2, 0) is 20.7 Å². The Morgan fingerprint density at radius 3 is 2.22 bits per heavy atom. The number of anilines is 1. The Hall–Kier alpha value is -3.35. The monoisotopic (exact) mass is 570 g/mol. The predicted molar refractivity (Wildman–Crippen MR) is 152 cm³/mol. The minimum Gasteiger partial charge on any atom is -0.444 e. The van der Waals surface area contributed by atoms with Crippen LogP contribution < -0.4 is 4.90 Å². The maximum absolute atomic E-state index is 15.2. The third-order valence-electron chi connectivity index (χ3n) is 7.95. The molecule has 224 valence electrons. The highest BCUT2D eigenvalue weighted by atomic mass is 19.1. The fourth-order valence-corrected chi connectivity index (χ4v) is 6.15. The zero-order chi connectivity index (χ0) is 30.1. The lowest BCUT2D eigenvalue weighted by Gasteiger charge is -2.36. The molecule has 2 saturated heterocycles. The summed E-state index contributed by atoms with van der Waals surface area (Å²) in [6.07, 6.45) is 1.73. The first-order valence-electron chi connectivity index (χ1n) is 14.6. The second-order valence-electron chi connectivity index (χ2n) is 13.5. The van der Waals surface area contributed by atoms with Gasteiger partial charge in [-0.05, 0) is 90.8 Å². The van der Waals surface area contributed by atoms with Crippen LogP contribution in [0.5, 0.6) is 0 Å². The van der Waals surface area contributed by atoms with Crippen LogP contribution in [0.2, 0.25) is 0 Å². The smallest absolute Gasteiger partial charge is 0.411 e. The molecule has 0 unspecified atom stereocenters. The van der Waals surface area contributed by atoms with Crippen LogP contribution in [0.25, 0.3) is 0 Å². The summed E-state index contributed by atoms with van der Waals surface area (Å²) in [5.74, 6) is -1.22. The molecule has 4 rings (SSSR count). The summed E-state index contributed by atoms with van der Waals surface area (Å²) in [6, 6.07) is 6.52. The maximum atomic E-state index is 15.2. The number of benzene rings is 1. The first kappa shape index (κ1) is 30.6. The van der Waals surface area contributed by atoms with Gasteiger partial charge in [-0.25, -0.2) is 14.0 Å². The minimum atomic E-state index is -0.708. The molecule has 9 nitrogen and oxygen atoms in total. The van der Waals surface area contributed by atoms with Crippen LogP contribution in [0.3, 0.4) is 0 Å². The van der Waals surface area contributed by atoms with Crippen molar-refractivity contribution in [1.29, 1.82) is 5.26 Å². The number of Topliss-reactive ketones (excluding diaryl/α,β-unsaturated/α-hetero) is 1. The lowest BCUT2D eigenvalue weighted by atomic mass is 9.88. The molecule has 41 heavy (non-hydrogen) atoms. The van der Waals surface area contributed by atoms with Gasteiger partial charge in [-0.2, -0.15) is 5.26 Å². The molecule has 0 radical (unpaired) electrons. The first-order chi connectivity index (χ1) is 19.1. The Labute approximate surface area is 242 Å². The minimum absolute atomic E-state index is 0.0136. The molecule has 0 aromatic heterocycles. The number of hydrogen-bond donors (Lipinski definition) is 0. The van der Waals surface area contributed by atoms with Crippen molar-refractivity contribution in [3.8, 4) is 6.07 Å². The average Bonchev–Trinajstić information content (AvgIpc) is 3.49. The molecule has 10 heteroatoms.